The summed E-state index contributed by atoms with van der Waals surface area (Å²) in [5, 5.41) is 10.4. The summed E-state index contributed by atoms with van der Waals surface area (Å²) in [6.07, 6.45) is 5.21. The van der Waals surface area contributed by atoms with E-state index in [0.717, 1.165) is 10.6 Å². The number of allylic oxidation sites excluding steroid dienone is 1. The summed E-state index contributed by atoms with van der Waals surface area (Å²) in [6.45, 7) is 7.20. The zero-order valence-corrected chi connectivity index (χ0v) is 8.79. The van der Waals surface area contributed by atoms with E-state index in [9.17, 15) is 4.79 Å². The number of nitrogens with one attached hydrogen (secondary N) is 1. The van der Waals surface area contributed by atoms with Gasteiger partial charge >= 0.3 is 0 Å². The van der Waals surface area contributed by atoms with E-state index in [1.165, 1.54) is 0 Å². The van der Waals surface area contributed by atoms with E-state index in [0.29, 0.717) is 5.56 Å². The smallest absolute Gasteiger partial charge is 0.266 e. The third kappa shape index (κ3) is 1.89. The fraction of sp³-hybridized carbons (Fsp3) is 0.167. The molecule has 1 aromatic heterocycles. The number of rotatable bonds is 1. The van der Waals surface area contributed by atoms with Crippen LogP contribution in [0.25, 0.3) is 12.2 Å². The normalized spacial score (nSPS) is 12.6. The summed E-state index contributed by atoms with van der Waals surface area (Å²) >= 11 is 0. The second kappa shape index (κ2) is 4.43. The van der Waals surface area contributed by atoms with Crippen LogP contribution in [-0.4, -0.2) is 4.98 Å². The Balaban J connectivity index is 3.98. The number of aromatic nitrogens is 1. The van der Waals surface area contributed by atoms with Crippen LogP contribution in [0.1, 0.15) is 18.1 Å². The molecule has 1 heterocycles. The van der Waals surface area contributed by atoms with E-state index >= 15 is 0 Å². The summed E-state index contributed by atoms with van der Waals surface area (Å²) in [5.74, 6) is 0. The van der Waals surface area contributed by atoms with E-state index in [2.05, 4.69) is 11.6 Å². The molecule has 0 saturated carbocycles. The number of pyridine rings is 1. The van der Waals surface area contributed by atoms with E-state index in [-0.39, 0.29) is 11.1 Å². The van der Waals surface area contributed by atoms with Gasteiger partial charge in [-0.1, -0.05) is 24.8 Å². The largest absolute Gasteiger partial charge is 0.321 e. The van der Waals surface area contributed by atoms with Gasteiger partial charge in [0.25, 0.3) is 5.56 Å². The van der Waals surface area contributed by atoms with Crippen molar-refractivity contribution in [3.05, 3.63) is 44.7 Å². The van der Waals surface area contributed by atoms with Crippen LogP contribution in [0.4, 0.5) is 0 Å². The van der Waals surface area contributed by atoms with Crippen LogP contribution in [0.3, 0.4) is 0 Å². The summed E-state index contributed by atoms with van der Waals surface area (Å²) in [7, 11) is 0. The van der Waals surface area contributed by atoms with Gasteiger partial charge in [-0.2, -0.15) is 5.26 Å². The van der Waals surface area contributed by atoms with Gasteiger partial charge in [-0.3, -0.25) is 4.79 Å². The Bertz CT molecular complexity index is 600. The van der Waals surface area contributed by atoms with Crippen molar-refractivity contribution in [3.8, 4) is 6.07 Å². The average molecular weight is 200 g/mol. The molecule has 0 atom stereocenters. The van der Waals surface area contributed by atoms with Gasteiger partial charge in [0.2, 0.25) is 0 Å². The van der Waals surface area contributed by atoms with Gasteiger partial charge in [-0.25, -0.2) is 0 Å². The number of H-pyrrole nitrogens is 1. The van der Waals surface area contributed by atoms with Gasteiger partial charge in [-0.15, -0.1) is 0 Å². The van der Waals surface area contributed by atoms with Crippen LogP contribution >= 0.6 is 0 Å². The number of hydrogen-bond donors (Lipinski definition) is 1. The SMILES string of the molecule is C=C/C=c1/c(C)c(C#N)c(=O)[nH]/c1=C/C. The van der Waals surface area contributed by atoms with E-state index < -0.39 is 0 Å². The van der Waals surface area contributed by atoms with Gasteiger partial charge in [-0.05, 0) is 19.4 Å². The van der Waals surface area contributed by atoms with Gasteiger partial charge in [0.05, 0.1) is 0 Å². The molecule has 0 aliphatic carbocycles. The molecule has 0 aromatic carbocycles. The van der Waals surface area contributed by atoms with Gasteiger partial charge in [0.1, 0.15) is 11.6 Å². The van der Waals surface area contributed by atoms with E-state index in [1.54, 1.807) is 25.2 Å². The summed E-state index contributed by atoms with van der Waals surface area (Å²) in [4.78, 5) is 14.1. The minimum Gasteiger partial charge on any atom is -0.321 e. The number of nitrogens with zero attached hydrogens (tertiary/aromatic N) is 1. The number of nitriles is 1. The first-order chi connectivity index (χ1) is 7.15. The second-order valence-corrected chi connectivity index (χ2v) is 3.08. The standard InChI is InChI=1S/C12H12N2O/c1-4-6-9-8(3)10(7-13)12(15)14-11(9)5-2/h4-6H,1H2,2-3H3,(H,14,15)/b9-6-,11-5+. The van der Waals surface area contributed by atoms with Crippen molar-refractivity contribution in [3.63, 3.8) is 0 Å². The molecule has 15 heavy (non-hydrogen) atoms. The number of hydrogen-bond acceptors (Lipinski definition) is 2. The minimum atomic E-state index is -0.343. The zero-order valence-electron chi connectivity index (χ0n) is 8.79. The highest BCUT2D eigenvalue weighted by Crippen LogP contribution is 1.90. The Hall–Kier alpha value is -2.08. The predicted octanol–water partition coefficient (Wildman–Crippen LogP) is 0.322. The molecule has 1 aromatic rings. The second-order valence-electron chi connectivity index (χ2n) is 3.08. The highest BCUT2D eigenvalue weighted by Gasteiger charge is 2.04. The van der Waals surface area contributed by atoms with Crippen molar-refractivity contribution in [1.29, 1.82) is 5.26 Å². The maximum Gasteiger partial charge on any atom is 0.266 e. The molecule has 1 rings (SSSR count). The zero-order chi connectivity index (χ0) is 11.4. The summed E-state index contributed by atoms with van der Waals surface area (Å²) < 4.78 is 0. The molecule has 0 aliphatic rings. The van der Waals surface area contributed by atoms with Crippen LogP contribution in [-0.2, 0) is 0 Å². The lowest BCUT2D eigenvalue weighted by atomic mass is 10.1. The molecule has 1 N–H and O–H groups in total. The molecule has 0 radical (unpaired) electrons. The Morgan fingerprint density at radius 3 is 2.67 bits per heavy atom. The monoisotopic (exact) mass is 200 g/mol. The average Bonchev–Trinajstić information content (AvgIpc) is 2.22. The molecule has 3 nitrogen and oxygen atoms in total. The molecule has 0 bridgehead atoms. The van der Waals surface area contributed by atoms with E-state index in [1.807, 2.05) is 13.0 Å². The van der Waals surface area contributed by atoms with Gasteiger partial charge < -0.3 is 4.98 Å². The molecule has 0 fully saturated rings. The first kappa shape index (κ1) is 11.0. The molecule has 3 heteroatoms. The van der Waals surface area contributed by atoms with Crippen molar-refractivity contribution in [1.82, 2.24) is 4.98 Å². The minimum absolute atomic E-state index is 0.161. The molecule has 0 unspecified atom stereocenters. The molecule has 0 amide bonds. The van der Waals surface area contributed by atoms with Crippen molar-refractivity contribution in [2.75, 3.05) is 0 Å². The molecular weight excluding hydrogens is 188 g/mol. The van der Waals surface area contributed by atoms with E-state index in [4.69, 9.17) is 5.26 Å². The Labute approximate surface area is 87.7 Å². The predicted molar refractivity (Wildman–Crippen MR) is 60.6 cm³/mol. The van der Waals surface area contributed by atoms with Crippen molar-refractivity contribution in [2.45, 2.75) is 13.8 Å². The van der Waals surface area contributed by atoms with Crippen LogP contribution < -0.4 is 16.1 Å². The fourth-order valence-electron chi connectivity index (χ4n) is 1.45. The Morgan fingerprint density at radius 1 is 1.53 bits per heavy atom. The fourth-order valence-corrected chi connectivity index (χ4v) is 1.45. The highest BCUT2D eigenvalue weighted by molar-refractivity contribution is 5.44. The Morgan fingerprint density at radius 2 is 2.20 bits per heavy atom. The topological polar surface area (TPSA) is 56.6 Å². The quantitative estimate of drug-likeness (QED) is 0.710. The first-order valence-corrected chi connectivity index (χ1v) is 4.57. The van der Waals surface area contributed by atoms with Crippen molar-refractivity contribution in [2.24, 2.45) is 0 Å². The van der Waals surface area contributed by atoms with Crippen LogP contribution in [0.2, 0.25) is 0 Å². The lowest BCUT2D eigenvalue weighted by Crippen LogP contribution is -2.38. The van der Waals surface area contributed by atoms with Crippen molar-refractivity contribution < 1.29 is 0 Å². The summed E-state index contributed by atoms with van der Waals surface area (Å²) in [5.41, 5.74) is 0.507. The van der Waals surface area contributed by atoms with Crippen LogP contribution in [0.15, 0.2) is 17.4 Å². The maximum atomic E-state index is 11.5. The van der Waals surface area contributed by atoms with Crippen molar-refractivity contribution >= 4 is 12.2 Å². The lowest BCUT2D eigenvalue weighted by Gasteiger charge is -1.98. The Kier molecular flexibility index (Phi) is 3.25. The van der Waals surface area contributed by atoms with Crippen LogP contribution in [0.5, 0.6) is 0 Å². The molecule has 0 aliphatic heterocycles. The molecular formula is C12H12N2O. The molecule has 76 valence electrons. The molecule has 0 saturated heterocycles. The third-order valence-corrected chi connectivity index (χ3v) is 2.23. The summed E-state index contributed by atoms with van der Waals surface area (Å²) in [6, 6.07) is 1.90. The molecule has 0 spiro atoms. The van der Waals surface area contributed by atoms with Crippen LogP contribution in [0, 0.1) is 18.3 Å². The number of aromatic amines is 1. The van der Waals surface area contributed by atoms with Gasteiger partial charge in [0.15, 0.2) is 0 Å². The lowest BCUT2D eigenvalue weighted by molar-refractivity contribution is 1.10. The maximum absolute atomic E-state index is 11.5. The third-order valence-electron chi connectivity index (χ3n) is 2.23. The highest BCUT2D eigenvalue weighted by atomic mass is 16.1. The first-order valence-electron chi connectivity index (χ1n) is 4.57. The van der Waals surface area contributed by atoms with Gasteiger partial charge in [0, 0.05) is 10.6 Å².